The summed E-state index contributed by atoms with van der Waals surface area (Å²) in [6.07, 6.45) is 1.56. The first-order chi connectivity index (χ1) is 8.04. The van der Waals surface area contributed by atoms with Crippen molar-refractivity contribution in [3.05, 3.63) is 39.0 Å². The van der Waals surface area contributed by atoms with Crippen LogP contribution in [0.2, 0.25) is 0 Å². The van der Waals surface area contributed by atoms with E-state index in [-0.39, 0.29) is 5.97 Å². The molecule has 0 atom stereocenters. The molecule has 3 heteroatoms. The molecule has 0 aliphatic heterocycles. The predicted octanol–water partition coefficient (Wildman–Crippen LogP) is 2.02. The number of aryl methyl sites for hydroxylation is 3. The van der Waals surface area contributed by atoms with Gasteiger partial charge in [-0.15, -0.1) is 0 Å². The zero-order chi connectivity index (χ0) is 12.8. The van der Waals surface area contributed by atoms with E-state index in [1.807, 2.05) is 11.0 Å². The molecular weight excluding hydrogens is 328 g/mol. The zero-order valence-electron chi connectivity index (χ0n) is 10.7. The molecule has 0 unspecified atom stereocenters. The van der Waals surface area contributed by atoms with Crippen molar-refractivity contribution >= 4 is 30.5 Å². The molecule has 1 aromatic rings. The molecule has 0 aromatic heterocycles. The van der Waals surface area contributed by atoms with Gasteiger partial charge >= 0.3 is 113 Å². The second-order valence-corrected chi connectivity index (χ2v) is 6.52. The molecular formula is C14H18O2Te. The van der Waals surface area contributed by atoms with Crippen LogP contribution < -0.4 is 3.61 Å². The summed E-state index contributed by atoms with van der Waals surface area (Å²) in [5, 5.41) is 0. The van der Waals surface area contributed by atoms with Crippen LogP contribution >= 0.6 is 0 Å². The average molecular weight is 346 g/mol. The standard InChI is InChI=1S/C14H18O2Te/c1-5-16-13(15)6-7-17-14-11(3)8-10(2)9-12(14)4/h6-9H,5H2,1-4H3/b7-6-. The van der Waals surface area contributed by atoms with E-state index in [1.54, 1.807) is 6.08 Å². The van der Waals surface area contributed by atoms with Gasteiger partial charge in [0, 0.05) is 0 Å². The molecule has 17 heavy (non-hydrogen) atoms. The van der Waals surface area contributed by atoms with Crippen molar-refractivity contribution < 1.29 is 9.53 Å². The van der Waals surface area contributed by atoms with Crippen LogP contribution in [-0.2, 0) is 9.53 Å². The maximum atomic E-state index is 11.2. The van der Waals surface area contributed by atoms with Crippen LogP contribution in [-0.4, -0.2) is 33.5 Å². The number of hydrogen-bond donors (Lipinski definition) is 0. The van der Waals surface area contributed by atoms with Crippen molar-refractivity contribution in [3.63, 3.8) is 0 Å². The number of carbonyl (C=O) groups is 1. The van der Waals surface area contributed by atoms with Crippen LogP contribution in [0, 0.1) is 20.8 Å². The average Bonchev–Trinajstić information content (AvgIpc) is 2.22. The molecule has 0 saturated carbocycles. The fourth-order valence-corrected chi connectivity index (χ4v) is 4.00. The van der Waals surface area contributed by atoms with Crippen molar-refractivity contribution in [3.8, 4) is 0 Å². The molecule has 1 aromatic carbocycles. The summed E-state index contributed by atoms with van der Waals surface area (Å²) in [5.74, 6) is -0.236. The van der Waals surface area contributed by atoms with Gasteiger partial charge in [-0.2, -0.15) is 0 Å². The van der Waals surface area contributed by atoms with Gasteiger partial charge in [0.15, 0.2) is 0 Å². The molecule has 0 amide bonds. The summed E-state index contributed by atoms with van der Waals surface area (Å²) in [6.45, 7) is 8.64. The van der Waals surface area contributed by atoms with Crippen molar-refractivity contribution in [2.24, 2.45) is 0 Å². The van der Waals surface area contributed by atoms with Crippen LogP contribution in [0.4, 0.5) is 0 Å². The summed E-state index contributed by atoms with van der Waals surface area (Å²) in [6, 6.07) is 4.40. The first-order valence-electron chi connectivity index (χ1n) is 5.62. The predicted molar refractivity (Wildman–Crippen MR) is 71.8 cm³/mol. The summed E-state index contributed by atoms with van der Waals surface area (Å²) in [7, 11) is 0. The van der Waals surface area contributed by atoms with Crippen molar-refractivity contribution in [2.45, 2.75) is 27.7 Å². The van der Waals surface area contributed by atoms with Gasteiger partial charge in [0.05, 0.1) is 0 Å². The van der Waals surface area contributed by atoms with Crippen LogP contribution in [0.25, 0.3) is 0 Å². The summed E-state index contributed by atoms with van der Waals surface area (Å²) < 4.78 is 8.27. The van der Waals surface area contributed by atoms with Gasteiger partial charge in [0.25, 0.3) is 0 Å². The zero-order valence-corrected chi connectivity index (χ0v) is 13.1. The first kappa shape index (κ1) is 14.3. The van der Waals surface area contributed by atoms with Crippen molar-refractivity contribution in [2.75, 3.05) is 6.61 Å². The first-order valence-corrected chi connectivity index (χ1v) is 8.13. The number of hydrogen-bond acceptors (Lipinski definition) is 2. The van der Waals surface area contributed by atoms with Crippen LogP contribution in [0.5, 0.6) is 0 Å². The topological polar surface area (TPSA) is 26.3 Å². The van der Waals surface area contributed by atoms with E-state index in [0.29, 0.717) is 6.61 Å². The third-order valence-corrected chi connectivity index (χ3v) is 5.57. The Morgan fingerprint density at radius 1 is 1.29 bits per heavy atom. The quantitative estimate of drug-likeness (QED) is 0.474. The van der Waals surface area contributed by atoms with Crippen molar-refractivity contribution in [1.29, 1.82) is 0 Å². The minimum atomic E-state index is -0.443. The number of rotatable bonds is 4. The van der Waals surface area contributed by atoms with E-state index in [1.165, 1.54) is 20.3 Å². The molecule has 0 aliphatic carbocycles. The van der Waals surface area contributed by atoms with E-state index >= 15 is 0 Å². The van der Waals surface area contributed by atoms with E-state index in [9.17, 15) is 4.79 Å². The maximum absolute atomic E-state index is 11.2. The Morgan fingerprint density at radius 2 is 1.88 bits per heavy atom. The normalized spacial score (nSPS) is 10.8. The molecule has 0 heterocycles. The van der Waals surface area contributed by atoms with E-state index in [2.05, 4.69) is 32.9 Å². The third kappa shape index (κ3) is 4.53. The van der Waals surface area contributed by atoms with Gasteiger partial charge < -0.3 is 0 Å². The molecule has 0 saturated heterocycles. The molecule has 0 N–H and O–H groups in total. The fourth-order valence-electron chi connectivity index (χ4n) is 1.70. The Hall–Kier alpha value is -0.780. The molecule has 0 radical (unpaired) electrons. The van der Waals surface area contributed by atoms with Gasteiger partial charge in [0.2, 0.25) is 0 Å². The van der Waals surface area contributed by atoms with Gasteiger partial charge in [-0.1, -0.05) is 0 Å². The van der Waals surface area contributed by atoms with Gasteiger partial charge in [0.1, 0.15) is 0 Å². The Bertz CT molecular complexity index is 413. The Balaban J connectivity index is 2.73. The van der Waals surface area contributed by atoms with E-state index < -0.39 is 20.9 Å². The SMILES string of the molecule is CCOC(=O)/C=C\[Te]c1c(C)cc(C)cc1C. The molecule has 2 nitrogen and oxygen atoms in total. The Labute approximate surface area is 113 Å². The van der Waals surface area contributed by atoms with Crippen LogP contribution in [0.1, 0.15) is 23.6 Å². The molecule has 0 bridgehead atoms. The Kier molecular flexibility index (Phi) is 5.74. The Morgan fingerprint density at radius 3 is 2.41 bits per heavy atom. The van der Waals surface area contributed by atoms with Gasteiger partial charge in [-0.25, -0.2) is 0 Å². The fraction of sp³-hybridized carbons (Fsp3) is 0.357. The second-order valence-electron chi connectivity index (χ2n) is 3.90. The molecule has 92 valence electrons. The second kappa shape index (κ2) is 6.83. The van der Waals surface area contributed by atoms with Gasteiger partial charge in [-0.05, 0) is 0 Å². The molecule has 0 aliphatic rings. The monoisotopic (exact) mass is 348 g/mol. The number of carbonyl (C=O) groups excluding carboxylic acids is 1. The van der Waals surface area contributed by atoms with Crippen LogP contribution in [0.15, 0.2) is 22.3 Å². The number of esters is 1. The van der Waals surface area contributed by atoms with E-state index in [0.717, 1.165) is 0 Å². The van der Waals surface area contributed by atoms with E-state index in [4.69, 9.17) is 4.74 Å². The summed E-state index contributed by atoms with van der Waals surface area (Å²) >= 11 is -0.443. The van der Waals surface area contributed by atoms with Crippen LogP contribution in [0.3, 0.4) is 0 Å². The molecule has 1 rings (SSSR count). The minimum absolute atomic E-state index is 0.236. The third-order valence-electron chi connectivity index (χ3n) is 2.28. The number of benzene rings is 1. The molecule has 0 fully saturated rings. The number of ether oxygens (including phenoxy) is 1. The summed E-state index contributed by atoms with van der Waals surface area (Å²) in [5.41, 5.74) is 3.96. The van der Waals surface area contributed by atoms with Gasteiger partial charge in [-0.3, -0.25) is 0 Å². The summed E-state index contributed by atoms with van der Waals surface area (Å²) in [4.78, 5) is 11.2. The molecule has 0 spiro atoms. The van der Waals surface area contributed by atoms with Crippen molar-refractivity contribution in [1.82, 2.24) is 0 Å².